The lowest BCUT2D eigenvalue weighted by Gasteiger charge is -2.03. The molecule has 1 fully saturated rings. The van der Waals surface area contributed by atoms with Crippen molar-refractivity contribution >= 4 is 23.9 Å². The topological polar surface area (TPSA) is 51.8 Å². The maximum absolute atomic E-state index is 12.7. The number of hydrogen-bond acceptors (Lipinski definition) is 5. The molecule has 3 aromatic heterocycles. The van der Waals surface area contributed by atoms with Gasteiger partial charge in [-0.15, -0.1) is 12.6 Å². The Morgan fingerprint density at radius 1 is 1.13 bits per heavy atom. The molecule has 1 aliphatic rings. The van der Waals surface area contributed by atoms with Gasteiger partial charge in [-0.2, -0.15) is 13.2 Å². The molecular weight excluding hydrogens is 327 g/mol. The van der Waals surface area contributed by atoms with Gasteiger partial charge in [-0.05, 0) is 36.5 Å². The van der Waals surface area contributed by atoms with Crippen LogP contribution in [0.1, 0.15) is 29.9 Å². The Kier molecular flexibility index (Phi) is 3.12. The Bertz CT molecular complexity index is 903. The summed E-state index contributed by atoms with van der Waals surface area (Å²) in [4.78, 5) is 12.6. The number of pyridine rings is 2. The van der Waals surface area contributed by atoms with E-state index in [9.17, 15) is 13.2 Å². The average molecular weight is 337 g/mol. The first-order chi connectivity index (χ1) is 10.9. The molecule has 0 aromatic carbocycles. The number of rotatable bonds is 2. The highest BCUT2D eigenvalue weighted by Gasteiger charge is 2.32. The molecule has 0 bridgehead atoms. The fourth-order valence-electron chi connectivity index (χ4n) is 2.35. The Morgan fingerprint density at radius 2 is 1.91 bits per heavy atom. The van der Waals surface area contributed by atoms with E-state index in [-0.39, 0.29) is 17.1 Å². The summed E-state index contributed by atoms with van der Waals surface area (Å²) in [5.74, 6) is 0.640. The van der Waals surface area contributed by atoms with Crippen LogP contribution in [0.4, 0.5) is 13.2 Å². The van der Waals surface area contributed by atoms with Crippen LogP contribution in [0.15, 0.2) is 33.8 Å². The van der Waals surface area contributed by atoms with Crippen LogP contribution in [0.5, 0.6) is 0 Å². The summed E-state index contributed by atoms with van der Waals surface area (Å²) in [5, 5.41) is 0. The zero-order valence-electron chi connectivity index (χ0n) is 11.6. The van der Waals surface area contributed by atoms with Crippen molar-refractivity contribution in [3.8, 4) is 11.6 Å². The highest BCUT2D eigenvalue weighted by atomic mass is 32.1. The summed E-state index contributed by atoms with van der Waals surface area (Å²) < 4.78 is 43.6. The maximum atomic E-state index is 12.7. The van der Waals surface area contributed by atoms with Gasteiger partial charge in [0.05, 0.1) is 5.56 Å². The SMILES string of the molecule is FC(F)(F)c1cnc2oc(-c3ncc(C4CC4)cc3S)nc2c1. The average Bonchev–Trinajstić information content (AvgIpc) is 3.25. The lowest BCUT2D eigenvalue weighted by atomic mass is 10.2. The van der Waals surface area contributed by atoms with Gasteiger partial charge < -0.3 is 4.42 Å². The fourth-order valence-corrected chi connectivity index (χ4v) is 2.66. The molecule has 1 saturated carbocycles. The largest absolute Gasteiger partial charge is 0.417 e. The molecule has 0 N–H and O–H groups in total. The first-order valence-corrected chi connectivity index (χ1v) is 7.39. The third-order valence-corrected chi connectivity index (χ3v) is 4.06. The van der Waals surface area contributed by atoms with Crippen molar-refractivity contribution in [2.75, 3.05) is 0 Å². The Hall–Kier alpha value is -2.09. The molecule has 3 heterocycles. The minimum atomic E-state index is -4.47. The smallest absolute Gasteiger partial charge is 0.416 e. The van der Waals surface area contributed by atoms with Crippen LogP contribution in [0, 0.1) is 0 Å². The van der Waals surface area contributed by atoms with Gasteiger partial charge in [0, 0.05) is 17.3 Å². The number of fused-ring (bicyclic) bond motifs is 1. The first-order valence-electron chi connectivity index (χ1n) is 6.95. The molecule has 8 heteroatoms. The predicted octanol–water partition coefficient (Wildman–Crippen LogP) is 4.47. The molecule has 118 valence electrons. The van der Waals surface area contributed by atoms with Gasteiger partial charge in [0.1, 0.15) is 11.2 Å². The molecule has 0 spiro atoms. The van der Waals surface area contributed by atoms with Gasteiger partial charge in [0.2, 0.25) is 11.6 Å². The van der Waals surface area contributed by atoms with Crippen molar-refractivity contribution in [2.24, 2.45) is 0 Å². The molecule has 23 heavy (non-hydrogen) atoms. The number of halogens is 3. The van der Waals surface area contributed by atoms with E-state index in [2.05, 4.69) is 27.6 Å². The van der Waals surface area contributed by atoms with Crippen LogP contribution >= 0.6 is 12.6 Å². The van der Waals surface area contributed by atoms with E-state index in [4.69, 9.17) is 4.42 Å². The van der Waals surface area contributed by atoms with Gasteiger partial charge in [-0.25, -0.2) is 15.0 Å². The Morgan fingerprint density at radius 3 is 2.57 bits per heavy atom. The van der Waals surface area contributed by atoms with E-state index in [0.29, 0.717) is 16.5 Å². The molecule has 0 aliphatic heterocycles. The summed E-state index contributed by atoms with van der Waals surface area (Å²) in [6, 6.07) is 2.80. The molecule has 4 nitrogen and oxygen atoms in total. The van der Waals surface area contributed by atoms with Crippen molar-refractivity contribution < 1.29 is 17.6 Å². The minimum absolute atomic E-state index is 0.0359. The number of oxazole rings is 1. The highest BCUT2D eigenvalue weighted by Crippen LogP contribution is 2.41. The molecule has 3 aromatic rings. The van der Waals surface area contributed by atoms with Crippen molar-refractivity contribution in [3.63, 3.8) is 0 Å². The second-order valence-electron chi connectivity index (χ2n) is 5.48. The molecule has 0 atom stereocenters. The third kappa shape index (κ3) is 2.67. The fraction of sp³-hybridized carbons (Fsp3) is 0.267. The van der Waals surface area contributed by atoms with Crippen LogP contribution in [-0.2, 0) is 6.18 Å². The summed E-state index contributed by atoms with van der Waals surface area (Å²) in [6.07, 6.45) is 0.264. The van der Waals surface area contributed by atoms with Gasteiger partial charge in [-0.1, -0.05) is 0 Å². The number of aromatic nitrogens is 3. The first kappa shape index (κ1) is 14.5. The summed E-state index contributed by atoms with van der Waals surface area (Å²) in [6.45, 7) is 0. The van der Waals surface area contributed by atoms with Gasteiger partial charge in [0.25, 0.3) is 0 Å². The number of thiol groups is 1. The molecule has 0 amide bonds. The quantitative estimate of drug-likeness (QED) is 0.701. The van der Waals surface area contributed by atoms with E-state index < -0.39 is 11.7 Å². The molecule has 0 saturated heterocycles. The van der Waals surface area contributed by atoms with E-state index in [0.717, 1.165) is 30.7 Å². The van der Waals surface area contributed by atoms with Gasteiger partial charge in [0.15, 0.2) is 0 Å². The van der Waals surface area contributed by atoms with Crippen LogP contribution in [0.3, 0.4) is 0 Å². The van der Waals surface area contributed by atoms with Gasteiger partial charge >= 0.3 is 6.18 Å². The third-order valence-electron chi connectivity index (χ3n) is 3.71. The van der Waals surface area contributed by atoms with E-state index in [1.165, 1.54) is 0 Å². The van der Waals surface area contributed by atoms with Crippen LogP contribution in [0.2, 0.25) is 0 Å². The van der Waals surface area contributed by atoms with E-state index in [1.807, 2.05) is 6.07 Å². The number of hydrogen-bond donors (Lipinski definition) is 1. The van der Waals surface area contributed by atoms with Crippen LogP contribution in [0.25, 0.3) is 22.8 Å². The lowest BCUT2D eigenvalue weighted by Crippen LogP contribution is -2.04. The lowest BCUT2D eigenvalue weighted by molar-refractivity contribution is -0.137. The Balaban J connectivity index is 1.77. The summed E-state index contributed by atoms with van der Waals surface area (Å²) >= 11 is 4.39. The highest BCUT2D eigenvalue weighted by molar-refractivity contribution is 7.80. The zero-order chi connectivity index (χ0) is 16.2. The predicted molar refractivity (Wildman–Crippen MR) is 79.3 cm³/mol. The minimum Gasteiger partial charge on any atom is -0.416 e. The van der Waals surface area contributed by atoms with Crippen molar-refractivity contribution in [1.29, 1.82) is 0 Å². The van der Waals surface area contributed by atoms with E-state index >= 15 is 0 Å². The van der Waals surface area contributed by atoms with E-state index in [1.54, 1.807) is 6.20 Å². The normalized spacial score (nSPS) is 15.3. The zero-order valence-corrected chi connectivity index (χ0v) is 12.5. The maximum Gasteiger partial charge on any atom is 0.417 e. The Labute approximate surface area is 134 Å². The van der Waals surface area contributed by atoms with Crippen molar-refractivity contribution in [3.05, 3.63) is 35.7 Å². The molecule has 0 unspecified atom stereocenters. The standard InChI is InChI=1S/C15H10F3N3OS/c16-15(17,18)9-4-10-13(20-6-9)22-14(21-10)12-11(23)3-8(5-19-12)7-1-2-7/h3-7,23H,1-2H2. The molecule has 0 radical (unpaired) electrons. The summed E-state index contributed by atoms with van der Waals surface area (Å²) in [5.41, 5.74) is 0.703. The number of alkyl halides is 3. The van der Waals surface area contributed by atoms with Crippen LogP contribution < -0.4 is 0 Å². The second-order valence-corrected chi connectivity index (χ2v) is 5.96. The molecule has 1 aliphatic carbocycles. The monoisotopic (exact) mass is 337 g/mol. The molecule has 4 rings (SSSR count). The summed E-state index contributed by atoms with van der Waals surface area (Å²) in [7, 11) is 0. The van der Waals surface area contributed by atoms with Crippen molar-refractivity contribution in [1.82, 2.24) is 15.0 Å². The van der Waals surface area contributed by atoms with Crippen molar-refractivity contribution in [2.45, 2.75) is 29.8 Å². The second kappa shape index (κ2) is 4.95. The van der Waals surface area contributed by atoms with Gasteiger partial charge in [-0.3, -0.25) is 0 Å². The molecular formula is C15H10F3N3OS. The van der Waals surface area contributed by atoms with Crippen LogP contribution in [-0.4, -0.2) is 15.0 Å². The number of nitrogens with zero attached hydrogens (tertiary/aromatic N) is 3.